The molecule has 0 unspecified atom stereocenters. The maximum Gasteiger partial charge on any atom is 0.182 e. The Bertz CT molecular complexity index is 571. The van der Waals surface area contributed by atoms with Crippen LogP contribution in [-0.4, -0.2) is 31.5 Å². The fraction of sp³-hybridized carbons (Fsp3) is 0.294. The van der Waals surface area contributed by atoms with E-state index >= 15 is 0 Å². The number of allylic oxidation sites excluding steroid dienone is 3. The van der Waals surface area contributed by atoms with E-state index in [0.717, 1.165) is 5.75 Å². The van der Waals surface area contributed by atoms with Crippen LogP contribution in [0.1, 0.15) is 12.5 Å². The van der Waals surface area contributed by atoms with Crippen molar-refractivity contribution in [2.75, 3.05) is 13.1 Å². The Morgan fingerprint density at radius 2 is 1.95 bits per heavy atom. The first-order valence-electron chi connectivity index (χ1n) is 6.90. The second kappa shape index (κ2) is 6.31. The Morgan fingerprint density at radius 3 is 2.48 bits per heavy atom. The third-order valence-corrected chi connectivity index (χ3v) is 3.56. The van der Waals surface area contributed by atoms with Gasteiger partial charge in [0.2, 0.25) is 0 Å². The standard InChI is InChI=1S/C17H19BFNO/c1-4-15(19)8-7-14(3)17(11-20(18)12-17)21-16-9-5-13(2)6-10-16/h4-10H,3,11-12H2,1-2H3/b8-7-,15-4+. The molecule has 1 aliphatic rings. The number of nitrogens with zero attached hydrogens (tertiary/aromatic N) is 1. The molecule has 0 aromatic heterocycles. The molecule has 2 nitrogen and oxygen atoms in total. The normalized spacial score (nSPS) is 18.5. The summed E-state index contributed by atoms with van der Waals surface area (Å²) in [6, 6.07) is 7.81. The molecule has 1 fully saturated rings. The maximum absolute atomic E-state index is 13.2. The van der Waals surface area contributed by atoms with Gasteiger partial charge in [-0.3, -0.25) is 0 Å². The lowest BCUT2D eigenvalue weighted by Crippen LogP contribution is -2.64. The zero-order valence-electron chi connectivity index (χ0n) is 12.5. The third kappa shape index (κ3) is 3.64. The van der Waals surface area contributed by atoms with Gasteiger partial charge in [0.05, 0.1) is 0 Å². The minimum atomic E-state index is -0.589. The lowest BCUT2D eigenvalue weighted by molar-refractivity contribution is -0.000352. The molecule has 0 amide bonds. The first-order chi connectivity index (χ1) is 9.95. The molecule has 1 aromatic rings. The number of benzene rings is 1. The van der Waals surface area contributed by atoms with Gasteiger partial charge in [-0.2, -0.15) is 0 Å². The Kier molecular flexibility index (Phi) is 4.68. The van der Waals surface area contributed by atoms with Crippen LogP contribution >= 0.6 is 0 Å². The molecule has 0 aliphatic carbocycles. The van der Waals surface area contributed by atoms with Crippen LogP contribution in [0.2, 0.25) is 0 Å². The molecule has 0 saturated carbocycles. The summed E-state index contributed by atoms with van der Waals surface area (Å²) < 4.78 is 19.3. The van der Waals surface area contributed by atoms with Crippen molar-refractivity contribution in [1.82, 2.24) is 4.81 Å². The van der Waals surface area contributed by atoms with E-state index in [0.29, 0.717) is 18.7 Å². The molecule has 2 radical (unpaired) electrons. The van der Waals surface area contributed by atoms with Gasteiger partial charge in [0.1, 0.15) is 11.6 Å². The summed E-state index contributed by atoms with van der Waals surface area (Å²) in [6.45, 7) is 8.74. The lowest BCUT2D eigenvalue weighted by atomic mass is 9.83. The summed E-state index contributed by atoms with van der Waals surface area (Å²) in [5, 5.41) is 0. The lowest BCUT2D eigenvalue weighted by Gasteiger charge is -2.49. The summed E-state index contributed by atoms with van der Waals surface area (Å²) in [5.74, 6) is 0.459. The van der Waals surface area contributed by atoms with Gasteiger partial charge in [-0.15, -0.1) is 0 Å². The Hall–Kier alpha value is -1.81. The van der Waals surface area contributed by atoms with Crippen molar-refractivity contribution in [3.8, 4) is 5.75 Å². The molecule has 1 aliphatic heterocycles. The smallest absolute Gasteiger partial charge is 0.182 e. The molecule has 1 aromatic carbocycles. The van der Waals surface area contributed by atoms with E-state index in [9.17, 15) is 4.39 Å². The number of hydrogen-bond acceptors (Lipinski definition) is 2. The molecule has 0 atom stereocenters. The van der Waals surface area contributed by atoms with Gasteiger partial charge in [-0.25, -0.2) is 4.39 Å². The highest BCUT2D eigenvalue weighted by Gasteiger charge is 2.44. The molecular formula is C17H19BFNO. The monoisotopic (exact) mass is 283 g/mol. The van der Waals surface area contributed by atoms with Crippen molar-refractivity contribution in [3.63, 3.8) is 0 Å². The van der Waals surface area contributed by atoms with Crippen LogP contribution in [0.15, 0.2) is 60.5 Å². The largest absolute Gasteiger partial charge is 0.480 e. The van der Waals surface area contributed by atoms with Crippen LogP contribution in [0.3, 0.4) is 0 Å². The number of hydrogen-bond donors (Lipinski definition) is 0. The maximum atomic E-state index is 13.2. The fourth-order valence-corrected chi connectivity index (χ4v) is 2.20. The molecule has 0 N–H and O–H groups in total. The van der Waals surface area contributed by atoms with E-state index in [2.05, 4.69) is 6.58 Å². The van der Waals surface area contributed by atoms with E-state index in [4.69, 9.17) is 12.7 Å². The second-order valence-electron chi connectivity index (χ2n) is 5.35. The van der Waals surface area contributed by atoms with Crippen molar-refractivity contribution in [3.05, 3.63) is 66.0 Å². The van der Waals surface area contributed by atoms with Gasteiger partial charge in [-0.1, -0.05) is 36.4 Å². The number of rotatable bonds is 5. The minimum absolute atomic E-state index is 0.300. The van der Waals surface area contributed by atoms with Crippen LogP contribution in [0.25, 0.3) is 0 Å². The molecular weight excluding hydrogens is 264 g/mol. The van der Waals surface area contributed by atoms with E-state index < -0.39 is 5.60 Å². The number of halogens is 1. The van der Waals surface area contributed by atoms with E-state index in [1.165, 1.54) is 17.7 Å². The van der Waals surface area contributed by atoms with Crippen LogP contribution in [-0.2, 0) is 0 Å². The van der Waals surface area contributed by atoms with Crippen molar-refractivity contribution >= 4 is 7.98 Å². The Labute approximate surface area is 127 Å². The van der Waals surface area contributed by atoms with Crippen molar-refractivity contribution < 1.29 is 9.13 Å². The SMILES string of the molecule is [B]N1CC(Oc2ccc(C)cc2)(C(=C)/C=C\C(F)=C/C)C1. The zero-order chi connectivity index (χ0) is 15.5. The average Bonchev–Trinajstić information content (AvgIpc) is 2.44. The summed E-state index contributed by atoms with van der Waals surface area (Å²) in [6.07, 6.45) is 4.44. The highest BCUT2D eigenvalue weighted by atomic mass is 19.1. The minimum Gasteiger partial charge on any atom is -0.480 e. The molecule has 0 bridgehead atoms. The summed E-state index contributed by atoms with van der Waals surface area (Å²) in [5.41, 5.74) is 1.29. The first kappa shape index (κ1) is 15.6. The fourth-order valence-electron chi connectivity index (χ4n) is 2.20. The Morgan fingerprint density at radius 1 is 1.33 bits per heavy atom. The highest BCUT2D eigenvalue weighted by molar-refractivity contribution is 6.05. The molecule has 1 heterocycles. The molecule has 0 spiro atoms. The number of aryl methyl sites for hydroxylation is 1. The first-order valence-corrected chi connectivity index (χ1v) is 6.90. The van der Waals surface area contributed by atoms with Gasteiger partial charge in [-0.05, 0) is 37.6 Å². The summed E-state index contributed by atoms with van der Waals surface area (Å²) in [7, 11) is 5.75. The quantitative estimate of drug-likeness (QED) is 0.606. The second-order valence-corrected chi connectivity index (χ2v) is 5.35. The van der Waals surface area contributed by atoms with Gasteiger partial charge in [0, 0.05) is 13.1 Å². The van der Waals surface area contributed by atoms with Gasteiger partial charge >= 0.3 is 0 Å². The topological polar surface area (TPSA) is 12.5 Å². The van der Waals surface area contributed by atoms with E-state index in [-0.39, 0.29) is 5.83 Å². The van der Waals surface area contributed by atoms with Gasteiger partial charge in [0.25, 0.3) is 0 Å². The van der Waals surface area contributed by atoms with Crippen molar-refractivity contribution in [1.29, 1.82) is 0 Å². The third-order valence-electron chi connectivity index (χ3n) is 3.56. The molecule has 4 heteroatoms. The van der Waals surface area contributed by atoms with Crippen LogP contribution in [0.4, 0.5) is 4.39 Å². The number of ether oxygens (including phenoxy) is 1. The molecule has 1 saturated heterocycles. The van der Waals surface area contributed by atoms with E-state index in [1.54, 1.807) is 17.8 Å². The Balaban J connectivity index is 2.15. The van der Waals surface area contributed by atoms with E-state index in [1.807, 2.05) is 31.2 Å². The van der Waals surface area contributed by atoms with Crippen LogP contribution in [0, 0.1) is 6.92 Å². The average molecular weight is 283 g/mol. The van der Waals surface area contributed by atoms with Gasteiger partial charge in [0.15, 0.2) is 13.6 Å². The van der Waals surface area contributed by atoms with Crippen molar-refractivity contribution in [2.24, 2.45) is 0 Å². The summed E-state index contributed by atoms with van der Waals surface area (Å²) >= 11 is 0. The predicted octanol–water partition coefficient (Wildman–Crippen LogP) is 3.50. The molecule has 108 valence electrons. The molecule has 2 rings (SSSR count). The zero-order valence-corrected chi connectivity index (χ0v) is 12.5. The van der Waals surface area contributed by atoms with Crippen LogP contribution < -0.4 is 4.74 Å². The highest BCUT2D eigenvalue weighted by Crippen LogP contribution is 2.33. The predicted molar refractivity (Wildman–Crippen MR) is 85.0 cm³/mol. The van der Waals surface area contributed by atoms with Crippen LogP contribution in [0.5, 0.6) is 5.75 Å². The summed E-state index contributed by atoms with van der Waals surface area (Å²) in [4.78, 5) is 1.65. The van der Waals surface area contributed by atoms with Gasteiger partial charge < -0.3 is 9.55 Å². The van der Waals surface area contributed by atoms with Crippen molar-refractivity contribution in [2.45, 2.75) is 19.4 Å². The molecule has 21 heavy (non-hydrogen) atoms.